The summed E-state index contributed by atoms with van der Waals surface area (Å²) in [5.74, 6) is 1.48. The van der Waals surface area contributed by atoms with Crippen molar-refractivity contribution in [2.75, 3.05) is 0 Å². The first-order valence-corrected chi connectivity index (χ1v) is 11.6. The van der Waals surface area contributed by atoms with E-state index in [2.05, 4.69) is 13.8 Å². The predicted octanol–water partition coefficient (Wildman–Crippen LogP) is 4.80. The van der Waals surface area contributed by atoms with Crippen LogP contribution in [0.1, 0.15) is 65.2 Å². The van der Waals surface area contributed by atoms with Gasteiger partial charge in [-0.1, -0.05) is 32.0 Å². The summed E-state index contributed by atoms with van der Waals surface area (Å²) in [6.07, 6.45) is 7.25. The molecule has 0 amide bonds. The van der Waals surface area contributed by atoms with Gasteiger partial charge in [0.2, 0.25) is 0 Å². The minimum atomic E-state index is -3.28. The highest BCUT2D eigenvalue weighted by Crippen LogP contribution is 2.60. The van der Waals surface area contributed by atoms with Gasteiger partial charge in [0, 0.05) is 12.3 Å². The van der Waals surface area contributed by atoms with Crippen LogP contribution in [0.3, 0.4) is 0 Å². The third-order valence-electron chi connectivity index (χ3n) is 7.75. The molecule has 3 aliphatic rings. The Morgan fingerprint density at radius 2 is 1.81 bits per heavy atom. The van der Waals surface area contributed by atoms with Gasteiger partial charge in [-0.25, -0.2) is 8.42 Å². The van der Waals surface area contributed by atoms with Gasteiger partial charge in [0.25, 0.3) is 0 Å². The molecule has 0 saturated heterocycles. The van der Waals surface area contributed by atoms with Crippen molar-refractivity contribution in [1.29, 1.82) is 0 Å². The van der Waals surface area contributed by atoms with Crippen LogP contribution < -0.4 is 0 Å². The molecule has 1 aromatic carbocycles. The molecule has 4 rings (SSSR count). The zero-order chi connectivity index (χ0) is 18.6. The summed E-state index contributed by atoms with van der Waals surface area (Å²) in [5.41, 5.74) is 0.0847. The quantitative estimate of drug-likeness (QED) is 0.743. The molecule has 142 valence electrons. The lowest BCUT2D eigenvalue weighted by Crippen LogP contribution is -2.40. The van der Waals surface area contributed by atoms with Crippen LogP contribution in [-0.4, -0.2) is 18.9 Å². The van der Waals surface area contributed by atoms with Crippen molar-refractivity contribution in [1.82, 2.24) is 0 Å². The number of carbonyl (C=O) groups excluding carboxylic acids is 1. The molecule has 0 unspecified atom stereocenters. The molecule has 4 heteroatoms. The molecular weight excluding hydrogens is 344 g/mol. The van der Waals surface area contributed by atoms with E-state index in [0.29, 0.717) is 22.5 Å². The lowest BCUT2D eigenvalue weighted by molar-refractivity contribution is -0.130. The highest BCUT2D eigenvalue weighted by Gasteiger charge is 2.58. The van der Waals surface area contributed by atoms with Crippen molar-refractivity contribution >= 4 is 15.6 Å². The molecule has 0 bridgehead atoms. The van der Waals surface area contributed by atoms with Gasteiger partial charge in [-0.2, -0.15) is 0 Å². The molecule has 3 saturated carbocycles. The van der Waals surface area contributed by atoms with Crippen molar-refractivity contribution in [2.24, 2.45) is 23.2 Å². The fraction of sp³-hybridized carbons (Fsp3) is 0.682. The Morgan fingerprint density at radius 3 is 2.46 bits per heavy atom. The molecular formula is C22H30O3S. The second kappa shape index (κ2) is 6.19. The van der Waals surface area contributed by atoms with Gasteiger partial charge >= 0.3 is 0 Å². The minimum absolute atomic E-state index is 0.0847. The summed E-state index contributed by atoms with van der Waals surface area (Å²) in [6, 6.07) is 8.94. The second-order valence-corrected chi connectivity index (χ2v) is 11.6. The van der Waals surface area contributed by atoms with Crippen molar-refractivity contribution < 1.29 is 13.2 Å². The maximum Gasteiger partial charge on any atom is 0.184 e. The van der Waals surface area contributed by atoms with Gasteiger partial charge in [0.1, 0.15) is 5.78 Å². The Morgan fingerprint density at radius 1 is 1.12 bits per heavy atom. The molecule has 0 aromatic heterocycles. The molecule has 0 spiro atoms. The normalized spacial score (nSPS) is 34.3. The van der Waals surface area contributed by atoms with Crippen molar-refractivity contribution in [3.05, 3.63) is 30.3 Å². The highest BCUT2D eigenvalue weighted by molar-refractivity contribution is 7.93. The summed E-state index contributed by atoms with van der Waals surface area (Å²) in [7, 11) is -3.28. The smallest absolute Gasteiger partial charge is 0.184 e. The molecule has 0 heterocycles. The third-order valence-corrected chi connectivity index (χ3v) is 10.4. The summed E-state index contributed by atoms with van der Waals surface area (Å²) >= 11 is 0. The standard InChI is InChI=1S/C22H30O3S/c1-16(18-10-11-19-20(23)9-6-12-21(18,19)2)15-22(13-14-22)26(24,25)17-7-4-3-5-8-17/h3-5,7-8,16,18-19H,6,9-15H2,1-2H3/t16-,18-,19+,21-/m1/s1. The van der Waals surface area contributed by atoms with E-state index in [1.54, 1.807) is 12.1 Å². The molecule has 0 aliphatic heterocycles. The zero-order valence-corrected chi connectivity index (χ0v) is 16.7. The Bertz CT molecular complexity index is 794. The average molecular weight is 375 g/mol. The zero-order valence-electron chi connectivity index (χ0n) is 15.9. The van der Waals surface area contributed by atoms with Crippen LogP contribution in [0.2, 0.25) is 0 Å². The minimum Gasteiger partial charge on any atom is -0.299 e. The highest BCUT2D eigenvalue weighted by atomic mass is 32.2. The van der Waals surface area contributed by atoms with E-state index in [4.69, 9.17) is 0 Å². The lowest BCUT2D eigenvalue weighted by atomic mass is 9.62. The second-order valence-electron chi connectivity index (χ2n) is 9.24. The lowest BCUT2D eigenvalue weighted by Gasteiger charge is -2.42. The molecule has 3 fully saturated rings. The van der Waals surface area contributed by atoms with Crippen molar-refractivity contribution in [3.8, 4) is 0 Å². The largest absolute Gasteiger partial charge is 0.299 e. The Labute approximate surface area is 157 Å². The van der Waals surface area contributed by atoms with Crippen molar-refractivity contribution in [3.63, 3.8) is 0 Å². The summed E-state index contributed by atoms with van der Waals surface area (Å²) in [5, 5.41) is 0. The predicted molar refractivity (Wildman–Crippen MR) is 103 cm³/mol. The number of fused-ring (bicyclic) bond motifs is 1. The SMILES string of the molecule is C[C@H](CC1(S(=O)(=O)c2ccccc2)CC1)[C@H]1CC[C@H]2C(=O)CCC[C@]12C. The van der Waals surface area contributed by atoms with Crippen LogP contribution in [0.15, 0.2) is 35.2 Å². The number of rotatable bonds is 5. The monoisotopic (exact) mass is 374 g/mol. The van der Waals surface area contributed by atoms with Gasteiger partial charge < -0.3 is 0 Å². The van der Waals surface area contributed by atoms with E-state index in [-0.39, 0.29) is 11.3 Å². The summed E-state index contributed by atoms with van der Waals surface area (Å²) in [6.45, 7) is 4.53. The van der Waals surface area contributed by atoms with E-state index < -0.39 is 14.6 Å². The van der Waals surface area contributed by atoms with Crippen molar-refractivity contribution in [2.45, 2.75) is 74.9 Å². The number of ketones is 1. The molecule has 3 nitrogen and oxygen atoms in total. The Kier molecular flexibility index (Phi) is 4.33. The third kappa shape index (κ3) is 2.67. The number of hydrogen-bond acceptors (Lipinski definition) is 3. The van der Waals surface area contributed by atoms with Crippen LogP contribution in [-0.2, 0) is 14.6 Å². The van der Waals surface area contributed by atoms with Crippen LogP contribution >= 0.6 is 0 Å². The fourth-order valence-corrected chi connectivity index (χ4v) is 8.34. The van der Waals surface area contributed by atoms with E-state index in [9.17, 15) is 13.2 Å². The van der Waals surface area contributed by atoms with E-state index in [1.165, 1.54) is 0 Å². The van der Waals surface area contributed by atoms with Crippen LogP contribution in [0.25, 0.3) is 0 Å². The maximum absolute atomic E-state index is 13.2. The number of sulfone groups is 1. The molecule has 0 N–H and O–H groups in total. The Hall–Kier alpha value is -1.16. The summed E-state index contributed by atoms with van der Waals surface area (Å²) < 4.78 is 25.9. The van der Waals surface area contributed by atoms with E-state index >= 15 is 0 Å². The van der Waals surface area contributed by atoms with Crippen LogP contribution in [0, 0.1) is 23.2 Å². The van der Waals surface area contributed by atoms with E-state index in [1.807, 2.05) is 18.2 Å². The molecule has 0 radical (unpaired) electrons. The number of carbonyl (C=O) groups is 1. The number of hydrogen-bond donors (Lipinski definition) is 0. The van der Waals surface area contributed by atoms with Gasteiger partial charge in [-0.3, -0.25) is 4.79 Å². The maximum atomic E-state index is 13.2. The number of benzene rings is 1. The van der Waals surface area contributed by atoms with Crippen LogP contribution in [0.4, 0.5) is 0 Å². The first-order valence-electron chi connectivity index (χ1n) is 10.1. The molecule has 3 aliphatic carbocycles. The topological polar surface area (TPSA) is 51.2 Å². The molecule has 1 aromatic rings. The van der Waals surface area contributed by atoms with E-state index in [0.717, 1.165) is 51.4 Å². The van der Waals surface area contributed by atoms with Gasteiger partial charge in [-0.05, 0) is 74.3 Å². The first kappa shape index (κ1) is 18.2. The fourth-order valence-electron chi connectivity index (χ4n) is 6.21. The van der Waals surface area contributed by atoms with Gasteiger partial charge in [0.05, 0.1) is 9.64 Å². The Balaban J connectivity index is 1.55. The number of Topliss-reactive ketones (excluding diaryl/α,β-unsaturated/α-hetero) is 1. The average Bonchev–Trinajstić information content (AvgIpc) is 3.31. The van der Waals surface area contributed by atoms with Crippen LogP contribution in [0.5, 0.6) is 0 Å². The summed E-state index contributed by atoms with van der Waals surface area (Å²) in [4.78, 5) is 12.9. The molecule has 26 heavy (non-hydrogen) atoms. The van der Waals surface area contributed by atoms with Gasteiger partial charge in [0.15, 0.2) is 9.84 Å². The molecule has 4 atom stereocenters. The first-order chi connectivity index (χ1) is 12.3. The van der Waals surface area contributed by atoms with Gasteiger partial charge in [-0.15, -0.1) is 0 Å².